The second-order valence-electron chi connectivity index (χ2n) is 6.61. The minimum atomic E-state index is -4.00. The smallest absolute Gasteiger partial charge is 0.101 e. The first-order valence-electron chi connectivity index (χ1n) is 7.71. The molecule has 1 fully saturated rings. The molecular weight excluding hydrogens is 292 g/mol. The van der Waals surface area contributed by atoms with Crippen molar-refractivity contribution in [2.75, 3.05) is 59.7 Å². The molecule has 0 spiro atoms. The molecule has 0 atom stereocenters. The average Bonchev–Trinajstić information content (AvgIpc) is 2.34. The summed E-state index contributed by atoms with van der Waals surface area (Å²) in [5.74, 6) is -0.208. The van der Waals surface area contributed by atoms with Gasteiger partial charge in [0.25, 0.3) is 0 Å². The van der Waals surface area contributed by atoms with Gasteiger partial charge in [0.05, 0.1) is 37.9 Å². The van der Waals surface area contributed by atoms with Crippen LogP contribution in [0.4, 0.5) is 0 Å². The number of quaternary nitrogens is 1. The van der Waals surface area contributed by atoms with Gasteiger partial charge in [0, 0.05) is 5.75 Å². The molecule has 7 heteroatoms. The fraction of sp³-hybridized carbons (Fsp3) is 1.00. The molecule has 0 saturated carbocycles. The lowest BCUT2D eigenvalue weighted by atomic mass is 10.1. The minimum Gasteiger partial charge on any atom is -0.748 e. The molecule has 0 bridgehead atoms. The summed E-state index contributed by atoms with van der Waals surface area (Å²) in [6.45, 7) is 4.31. The number of piperidine rings is 1. The van der Waals surface area contributed by atoms with Gasteiger partial charge in [0.15, 0.2) is 0 Å². The van der Waals surface area contributed by atoms with Gasteiger partial charge in [-0.3, -0.25) is 0 Å². The van der Waals surface area contributed by atoms with Crippen molar-refractivity contribution in [1.82, 2.24) is 4.90 Å². The van der Waals surface area contributed by atoms with Crippen LogP contribution in [0.15, 0.2) is 0 Å². The Balaban J connectivity index is 0.000000486. The second-order valence-corrected chi connectivity index (χ2v) is 8.13. The van der Waals surface area contributed by atoms with E-state index in [1.54, 1.807) is 0 Å². The van der Waals surface area contributed by atoms with Gasteiger partial charge < -0.3 is 19.0 Å². The number of hydrogen-bond donors (Lipinski definition) is 1. The highest BCUT2D eigenvalue weighted by Crippen LogP contribution is 2.09. The Bertz CT molecular complexity index is 346. The van der Waals surface area contributed by atoms with Crippen molar-refractivity contribution in [2.24, 2.45) is 0 Å². The minimum absolute atomic E-state index is 0.208. The zero-order chi connectivity index (χ0) is 16.4. The molecule has 1 saturated heterocycles. The maximum absolute atomic E-state index is 10.3. The summed E-state index contributed by atoms with van der Waals surface area (Å²) in [7, 11) is 2.16. The van der Waals surface area contributed by atoms with E-state index in [1.165, 1.54) is 19.3 Å². The Morgan fingerprint density at radius 2 is 1.67 bits per heavy atom. The summed E-state index contributed by atoms with van der Waals surface area (Å²) in [6.07, 6.45) is 5.13. The van der Waals surface area contributed by atoms with Crippen LogP contribution < -0.4 is 0 Å². The Morgan fingerprint density at radius 3 is 2.05 bits per heavy atom. The van der Waals surface area contributed by atoms with Gasteiger partial charge in [-0.15, -0.1) is 0 Å². The molecule has 1 aliphatic rings. The average molecular weight is 324 g/mol. The lowest BCUT2D eigenvalue weighted by molar-refractivity contribution is -0.870. The monoisotopic (exact) mass is 324 g/mol. The van der Waals surface area contributed by atoms with Crippen molar-refractivity contribution in [3.8, 4) is 0 Å². The van der Waals surface area contributed by atoms with Gasteiger partial charge >= 0.3 is 0 Å². The van der Waals surface area contributed by atoms with Crippen LogP contribution in [0.5, 0.6) is 0 Å². The van der Waals surface area contributed by atoms with Crippen molar-refractivity contribution in [1.29, 1.82) is 0 Å². The van der Waals surface area contributed by atoms with Crippen LogP contribution in [-0.4, -0.2) is 87.1 Å². The zero-order valence-corrected chi connectivity index (χ0v) is 14.6. The topological polar surface area (TPSA) is 80.7 Å². The summed E-state index contributed by atoms with van der Waals surface area (Å²) in [6, 6.07) is 0. The first kappa shape index (κ1) is 20.8. The van der Waals surface area contributed by atoms with E-state index in [0.29, 0.717) is 6.42 Å². The van der Waals surface area contributed by atoms with Crippen LogP contribution in [0.25, 0.3) is 0 Å². The van der Waals surface area contributed by atoms with E-state index < -0.39 is 10.1 Å². The number of nitrogens with zero attached hydrogens (tertiary/aromatic N) is 2. The van der Waals surface area contributed by atoms with Crippen molar-refractivity contribution in [3.05, 3.63) is 0 Å². The third kappa shape index (κ3) is 16.0. The Kier molecular flexibility index (Phi) is 10.4. The molecule has 0 aromatic heterocycles. The molecule has 1 heterocycles. The Morgan fingerprint density at radius 1 is 1.10 bits per heavy atom. The summed E-state index contributed by atoms with van der Waals surface area (Å²) in [5, 5.41) is 8.39. The van der Waals surface area contributed by atoms with Gasteiger partial charge in [-0.1, -0.05) is 6.42 Å². The Hall–Kier alpha value is -0.210. The van der Waals surface area contributed by atoms with Gasteiger partial charge in [0.1, 0.15) is 6.54 Å². The first-order chi connectivity index (χ1) is 9.64. The van der Waals surface area contributed by atoms with Crippen LogP contribution >= 0.6 is 0 Å². The number of likely N-dealkylation sites (N-methyl/N-ethyl adjacent to an activating group) is 1. The Labute approximate surface area is 130 Å². The van der Waals surface area contributed by atoms with Crippen LogP contribution in [0, 0.1) is 0 Å². The number of rotatable bonds is 7. The maximum Gasteiger partial charge on any atom is 0.101 e. The second kappa shape index (κ2) is 10.5. The molecular formula is C14H32N2O4S. The highest BCUT2D eigenvalue weighted by molar-refractivity contribution is 7.85. The molecule has 0 amide bonds. The highest BCUT2D eigenvalue weighted by Gasteiger charge is 2.09. The SMILES string of the molecule is C[N+](C)(C)CCO.O=S(=O)([O-])CCCCN1CCCCC1. The van der Waals surface area contributed by atoms with E-state index in [2.05, 4.69) is 26.0 Å². The van der Waals surface area contributed by atoms with E-state index in [1.807, 2.05) is 0 Å². The summed E-state index contributed by atoms with van der Waals surface area (Å²) >= 11 is 0. The van der Waals surface area contributed by atoms with E-state index >= 15 is 0 Å². The zero-order valence-electron chi connectivity index (χ0n) is 13.8. The fourth-order valence-corrected chi connectivity index (χ4v) is 2.65. The molecule has 21 heavy (non-hydrogen) atoms. The summed E-state index contributed by atoms with van der Waals surface area (Å²) in [5.41, 5.74) is 0. The number of hydrogen-bond acceptors (Lipinski definition) is 5. The number of unbranched alkanes of at least 4 members (excludes halogenated alkanes) is 1. The normalized spacial score (nSPS) is 17.2. The predicted molar refractivity (Wildman–Crippen MR) is 84.1 cm³/mol. The molecule has 1 N–H and O–H groups in total. The number of aliphatic hydroxyl groups is 1. The molecule has 128 valence electrons. The standard InChI is InChI=1S/C9H19NO3S.C5H14NO/c11-14(12,13)9-5-4-8-10-6-2-1-3-7-10;1-6(2,3)4-5-7/h1-9H2,(H,11,12,13);7H,4-5H2,1-3H3/q;+1/p-1. The van der Waals surface area contributed by atoms with Crippen LogP contribution in [0.1, 0.15) is 32.1 Å². The lowest BCUT2D eigenvalue weighted by Gasteiger charge is -2.26. The van der Waals surface area contributed by atoms with Gasteiger partial charge in [-0.2, -0.15) is 0 Å². The summed E-state index contributed by atoms with van der Waals surface area (Å²) in [4.78, 5) is 2.35. The first-order valence-corrected chi connectivity index (χ1v) is 9.29. The van der Waals surface area contributed by atoms with Crippen LogP contribution in [-0.2, 0) is 10.1 Å². The maximum atomic E-state index is 10.3. The van der Waals surface area contributed by atoms with Crippen molar-refractivity contribution < 1.29 is 22.6 Å². The molecule has 1 rings (SSSR count). The van der Waals surface area contributed by atoms with Gasteiger partial charge in [0.2, 0.25) is 0 Å². The summed E-state index contributed by atoms with van der Waals surface area (Å²) < 4.78 is 31.8. The predicted octanol–water partition coefficient (Wildman–Crippen LogP) is 0.483. The van der Waals surface area contributed by atoms with E-state index in [4.69, 9.17) is 5.11 Å². The molecule has 0 aromatic rings. The largest absolute Gasteiger partial charge is 0.748 e. The molecule has 0 aromatic carbocycles. The van der Waals surface area contributed by atoms with E-state index in [9.17, 15) is 13.0 Å². The highest BCUT2D eigenvalue weighted by atomic mass is 32.2. The number of likely N-dealkylation sites (tertiary alicyclic amines) is 1. The fourth-order valence-electron chi connectivity index (χ4n) is 2.10. The van der Waals surface area contributed by atoms with Crippen LogP contribution in [0.2, 0.25) is 0 Å². The van der Waals surface area contributed by atoms with Crippen molar-refractivity contribution in [3.63, 3.8) is 0 Å². The van der Waals surface area contributed by atoms with Crippen LogP contribution in [0.3, 0.4) is 0 Å². The van der Waals surface area contributed by atoms with Crippen molar-refractivity contribution in [2.45, 2.75) is 32.1 Å². The molecule has 0 unspecified atom stereocenters. The molecule has 6 nitrogen and oxygen atoms in total. The third-order valence-corrected chi connectivity index (χ3v) is 4.13. The van der Waals surface area contributed by atoms with Gasteiger partial charge in [-0.25, -0.2) is 8.42 Å². The van der Waals surface area contributed by atoms with E-state index in [-0.39, 0.29) is 12.4 Å². The third-order valence-electron chi connectivity index (χ3n) is 3.34. The van der Waals surface area contributed by atoms with Crippen molar-refractivity contribution >= 4 is 10.1 Å². The molecule has 0 aliphatic carbocycles. The quantitative estimate of drug-likeness (QED) is 0.419. The van der Waals surface area contributed by atoms with E-state index in [0.717, 1.165) is 37.1 Å². The molecule has 1 aliphatic heterocycles. The number of aliphatic hydroxyl groups excluding tert-OH is 1. The van der Waals surface area contributed by atoms with Gasteiger partial charge in [-0.05, 0) is 45.3 Å². The lowest BCUT2D eigenvalue weighted by Crippen LogP contribution is -2.36. The molecule has 0 radical (unpaired) electrons.